The Morgan fingerprint density at radius 2 is 1.68 bits per heavy atom. The number of hydrogen-bond donors (Lipinski definition) is 6. The quantitative estimate of drug-likeness (QED) is 0.129. The maximum absolute atomic E-state index is 14.4. The van der Waals surface area contributed by atoms with E-state index in [2.05, 4.69) is 5.32 Å². The molecule has 2 radical (unpaired) electrons. The summed E-state index contributed by atoms with van der Waals surface area (Å²) in [6, 6.07) is 1.51. The molecule has 0 aromatic carbocycles. The number of rotatable bonds is 7. The fourth-order valence-corrected chi connectivity index (χ4v) is 9.41. The maximum atomic E-state index is 14.4. The van der Waals surface area contributed by atoms with Gasteiger partial charge in [0.15, 0.2) is 11.9 Å². The molecule has 1 aromatic heterocycles. The van der Waals surface area contributed by atoms with Crippen molar-refractivity contribution in [2.45, 2.75) is 140 Å². The minimum Gasteiger partial charge on any atom is -0.467 e. The molecule has 3 saturated carbocycles. The van der Waals surface area contributed by atoms with Crippen LogP contribution in [0.4, 0.5) is 4.79 Å². The van der Waals surface area contributed by atoms with E-state index in [1.807, 2.05) is 0 Å². The van der Waals surface area contributed by atoms with Gasteiger partial charge in [0.25, 0.3) is 0 Å². The van der Waals surface area contributed by atoms with Crippen molar-refractivity contribution in [3.05, 3.63) is 35.3 Å². The Morgan fingerprint density at radius 3 is 2.25 bits per heavy atom. The van der Waals surface area contributed by atoms with Crippen LogP contribution in [0.25, 0.3) is 0 Å². The van der Waals surface area contributed by atoms with Crippen LogP contribution in [0.2, 0.25) is 0 Å². The third-order valence-corrected chi connectivity index (χ3v) is 12.4. The Labute approximate surface area is 379 Å². The Hall–Kier alpha value is -0.457. The number of fused-ring (bicyclic) bond motifs is 5. The van der Waals surface area contributed by atoms with E-state index in [9.17, 15) is 44.7 Å². The summed E-state index contributed by atoms with van der Waals surface area (Å²) >= 11 is 0. The molecule has 15 nitrogen and oxygen atoms in total. The van der Waals surface area contributed by atoms with Gasteiger partial charge in [-0.05, 0) is 62.8 Å². The van der Waals surface area contributed by atoms with Crippen LogP contribution >= 0.6 is 0 Å². The first kappa shape index (κ1) is 45.2. The number of carbonyl (C=O) groups excluding carboxylic acids is 4. The Morgan fingerprint density at radius 1 is 1.02 bits per heavy atom. The molecule has 1 aliphatic heterocycles. The molecule has 6 rings (SSSR count). The van der Waals surface area contributed by atoms with Crippen molar-refractivity contribution in [2.24, 2.45) is 16.7 Å². The Bertz CT molecular complexity index is 1580. The van der Waals surface area contributed by atoms with Gasteiger partial charge in [-0.2, -0.15) is 0 Å². The van der Waals surface area contributed by atoms with Crippen LogP contribution < -0.4 is 5.32 Å². The fraction of sp³-hybridized carbons (Fsp3) is 0.722. The smallest absolute Gasteiger partial charge is 0.408 e. The first-order valence-electron chi connectivity index (χ1n) is 17.6. The Kier molecular flexibility index (Phi) is 14.3. The van der Waals surface area contributed by atoms with E-state index in [1.165, 1.54) is 32.2 Å². The molecule has 5 aliphatic rings. The SMILES string of the molecule is CC(=O)O[C@H]1[C@@H]2[C@]3(O)CO[C@@H]3C[C@H](O)[C@@]2(C)C(=O)[C@H](O)C2=C(C)[C@@H](OC(=O)[C@H](O)[C@@H](NC(=O)OC3CCCCC3)c3ccco3)C[C@]1(O)C2(C)C.[Ac].[Ac]. The van der Waals surface area contributed by atoms with Gasteiger partial charge >= 0.3 is 18.0 Å². The summed E-state index contributed by atoms with van der Waals surface area (Å²) in [4.78, 5) is 53.8. The third-order valence-electron chi connectivity index (χ3n) is 12.4. The average molecular weight is 1170 g/mol. The zero-order chi connectivity index (χ0) is 37.3. The molecule has 0 unspecified atom stereocenters. The molecule has 1 amide bonds. The zero-order valence-corrected chi connectivity index (χ0v) is 40.1. The van der Waals surface area contributed by atoms with E-state index >= 15 is 0 Å². The predicted octanol–water partition coefficient (Wildman–Crippen LogP) is 1.52. The van der Waals surface area contributed by atoms with E-state index in [4.69, 9.17) is 23.4 Å². The van der Waals surface area contributed by atoms with Crippen LogP contribution in [-0.2, 0) is 33.3 Å². The summed E-state index contributed by atoms with van der Waals surface area (Å²) in [6.07, 6.45) is -5.81. The van der Waals surface area contributed by atoms with Crippen molar-refractivity contribution in [3.8, 4) is 0 Å². The molecule has 2 bridgehead atoms. The molecule has 2 heterocycles. The van der Waals surface area contributed by atoms with Crippen molar-refractivity contribution in [1.82, 2.24) is 5.32 Å². The number of Topliss-reactive ketones (excluding diaryl/α,β-unsaturated/α-hetero) is 1. The summed E-state index contributed by atoms with van der Waals surface area (Å²) in [7, 11) is 0. The molecule has 53 heavy (non-hydrogen) atoms. The number of hydrogen-bond acceptors (Lipinski definition) is 14. The molecule has 4 aliphatic carbocycles. The van der Waals surface area contributed by atoms with Crippen molar-refractivity contribution < 1.29 is 156 Å². The van der Waals surface area contributed by atoms with E-state index in [0.717, 1.165) is 26.2 Å². The summed E-state index contributed by atoms with van der Waals surface area (Å²) in [5, 5.41) is 62.0. The van der Waals surface area contributed by atoms with Crippen LogP contribution in [0.1, 0.15) is 91.4 Å². The standard InChI is InChI=1S/C36H49NO14.2Ac/c1-17-21(51-31(43)27(41)25(20-12-9-13-47-20)37-32(44)50-19-10-7-6-8-11-19)15-36(46)30(49-18(2)38)28-34(5,22(39)14-23-35(28,45)16-48-23)29(42)26(40)24(17)33(36,3)4;;/h9,12-13,19,21-23,25-28,30,39-41,45-46H,6-8,10-11,14-16H2,1-5H3,(H,37,44);;/t21-,22-,23+,25-,26+,27+,28-,30-,34+,35-,36+;;/m0../s1. The van der Waals surface area contributed by atoms with Gasteiger partial charge < -0.3 is 54.2 Å². The molecule has 4 fully saturated rings. The zero-order valence-electron chi connectivity index (χ0n) is 30.7. The maximum Gasteiger partial charge on any atom is 0.408 e. The van der Waals surface area contributed by atoms with Crippen molar-refractivity contribution in [2.75, 3.05) is 6.61 Å². The minimum absolute atomic E-state index is 0. The van der Waals surface area contributed by atoms with Crippen LogP contribution in [0.3, 0.4) is 0 Å². The van der Waals surface area contributed by atoms with Gasteiger partial charge in [0, 0.05) is 119 Å². The number of ketones is 1. The molecule has 0 spiro atoms. The van der Waals surface area contributed by atoms with Crippen LogP contribution in [0, 0.1) is 105 Å². The first-order chi connectivity index (χ1) is 23.9. The molecule has 288 valence electrons. The number of amides is 1. The molecular weight excluding hydrogens is 1120 g/mol. The van der Waals surface area contributed by atoms with Crippen LogP contribution in [0.5, 0.6) is 0 Å². The summed E-state index contributed by atoms with van der Waals surface area (Å²) in [5.74, 6) is -4.42. The monoisotopic (exact) mass is 1170 g/mol. The van der Waals surface area contributed by atoms with Gasteiger partial charge in [0.05, 0.1) is 30.5 Å². The average Bonchev–Trinajstić information content (AvgIpc) is 3.61. The number of carbonyl (C=O) groups is 4. The fourth-order valence-electron chi connectivity index (χ4n) is 9.41. The second-order valence-electron chi connectivity index (χ2n) is 15.6. The molecule has 6 N–H and O–H groups in total. The van der Waals surface area contributed by atoms with Crippen molar-refractivity contribution in [3.63, 3.8) is 0 Å². The van der Waals surface area contributed by atoms with Gasteiger partial charge in [-0.1, -0.05) is 20.3 Å². The van der Waals surface area contributed by atoms with Crippen LogP contribution in [-0.4, -0.2) is 110 Å². The summed E-state index contributed by atoms with van der Waals surface area (Å²) < 4.78 is 28.2. The number of aliphatic hydroxyl groups excluding tert-OH is 3. The van der Waals surface area contributed by atoms with Crippen molar-refractivity contribution in [1.29, 1.82) is 0 Å². The largest absolute Gasteiger partial charge is 0.467 e. The van der Waals surface area contributed by atoms with E-state index in [1.54, 1.807) is 13.8 Å². The topological polar surface area (TPSA) is 232 Å². The second-order valence-corrected chi connectivity index (χ2v) is 15.6. The first-order valence-corrected chi connectivity index (χ1v) is 17.6. The molecular formula is C36H49Ac2NO14. The number of furan rings is 1. The number of ether oxygens (including phenoxy) is 4. The third kappa shape index (κ3) is 7.66. The van der Waals surface area contributed by atoms with Gasteiger partial charge in [0.2, 0.25) is 0 Å². The Balaban J connectivity index is 0.00000314. The number of nitrogens with one attached hydrogen (secondary N) is 1. The predicted molar refractivity (Wildman–Crippen MR) is 173 cm³/mol. The molecule has 11 atom stereocenters. The molecule has 17 heteroatoms. The number of alkyl carbamates (subject to hydrolysis) is 1. The van der Waals surface area contributed by atoms with E-state index < -0.39 is 101 Å². The van der Waals surface area contributed by atoms with Gasteiger partial charge in [-0.15, -0.1) is 0 Å². The van der Waals surface area contributed by atoms with E-state index in [-0.39, 0.29) is 124 Å². The number of esters is 2. The van der Waals surface area contributed by atoms with Gasteiger partial charge in [-0.3, -0.25) is 9.59 Å². The minimum atomic E-state index is -2.24. The molecule has 1 saturated heterocycles. The van der Waals surface area contributed by atoms with Gasteiger partial charge in [-0.25, -0.2) is 9.59 Å². The summed E-state index contributed by atoms with van der Waals surface area (Å²) in [5.41, 5.74) is -7.41. The molecule has 1 aromatic rings. The second kappa shape index (κ2) is 16.8. The number of aliphatic hydroxyl groups is 5. The van der Waals surface area contributed by atoms with Crippen LogP contribution in [0.15, 0.2) is 34.0 Å². The van der Waals surface area contributed by atoms with E-state index in [0.29, 0.717) is 12.8 Å². The summed E-state index contributed by atoms with van der Waals surface area (Å²) in [6.45, 7) is 6.77. The normalized spacial score (nSPS) is 37.4. The van der Waals surface area contributed by atoms with Crippen molar-refractivity contribution >= 4 is 23.8 Å². The van der Waals surface area contributed by atoms with Gasteiger partial charge in [0.1, 0.15) is 47.4 Å².